The van der Waals surface area contributed by atoms with Crippen LogP contribution in [0.5, 0.6) is 0 Å². The summed E-state index contributed by atoms with van der Waals surface area (Å²) in [5.41, 5.74) is 0.904. The van der Waals surface area contributed by atoms with Crippen molar-refractivity contribution in [3.05, 3.63) is 48.5 Å². The summed E-state index contributed by atoms with van der Waals surface area (Å²) in [5.74, 6) is -0.230. The number of rotatable bonds is 6. The van der Waals surface area contributed by atoms with Gasteiger partial charge in [-0.05, 0) is 17.7 Å². The van der Waals surface area contributed by atoms with E-state index in [1.807, 2.05) is 0 Å². The van der Waals surface area contributed by atoms with E-state index in [-0.39, 0.29) is 5.82 Å². The fourth-order valence-corrected chi connectivity index (χ4v) is 1.04. The average molecular weight is 207 g/mol. The topological polar surface area (TPSA) is 21.6 Å². The van der Waals surface area contributed by atoms with Crippen molar-refractivity contribution >= 4 is 6.21 Å². The first-order valence-corrected chi connectivity index (χ1v) is 4.81. The summed E-state index contributed by atoms with van der Waals surface area (Å²) in [6, 6.07) is 6.22. The maximum atomic E-state index is 12.5. The quantitative estimate of drug-likeness (QED) is 0.399. The van der Waals surface area contributed by atoms with Crippen LogP contribution in [0.1, 0.15) is 12.0 Å². The molecule has 0 bridgehead atoms. The summed E-state index contributed by atoms with van der Waals surface area (Å²) < 4.78 is 17.5. The van der Waals surface area contributed by atoms with E-state index < -0.39 is 0 Å². The zero-order valence-corrected chi connectivity index (χ0v) is 8.53. The van der Waals surface area contributed by atoms with Crippen LogP contribution in [-0.4, -0.2) is 19.4 Å². The second-order valence-corrected chi connectivity index (χ2v) is 2.98. The fourth-order valence-electron chi connectivity index (χ4n) is 1.04. The molecule has 0 fully saturated rings. The van der Waals surface area contributed by atoms with Gasteiger partial charge in [0.1, 0.15) is 5.82 Å². The Labute approximate surface area is 89.1 Å². The average Bonchev–Trinajstić information content (AvgIpc) is 2.26. The first kappa shape index (κ1) is 11.4. The third kappa shape index (κ3) is 4.96. The number of nitrogens with zero attached hydrogens (tertiary/aromatic N) is 1. The number of ether oxygens (including phenoxy) is 1. The van der Waals surface area contributed by atoms with Crippen LogP contribution >= 0.6 is 0 Å². The highest BCUT2D eigenvalue weighted by molar-refractivity contribution is 5.79. The van der Waals surface area contributed by atoms with E-state index in [1.165, 1.54) is 18.4 Å². The van der Waals surface area contributed by atoms with Crippen molar-refractivity contribution < 1.29 is 9.13 Å². The maximum Gasteiger partial charge on any atom is 0.123 e. The Balaban J connectivity index is 2.25. The monoisotopic (exact) mass is 207 g/mol. The lowest BCUT2D eigenvalue weighted by Gasteiger charge is -1.96. The number of benzene rings is 1. The number of halogens is 1. The summed E-state index contributed by atoms with van der Waals surface area (Å²) in [7, 11) is 0. The predicted octanol–water partition coefficient (Wildman–Crippen LogP) is 2.79. The second kappa shape index (κ2) is 6.76. The molecular formula is C12H14FNO. The van der Waals surface area contributed by atoms with Crippen molar-refractivity contribution in [3.63, 3.8) is 0 Å². The van der Waals surface area contributed by atoms with E-state index in [9.17, 15) is 4.39 Å². The molecule has 0 unspecified atom stereocenters. The van der Waals surface area contributed by atoms with Gasteiger partial charge in [-0.1, -0.05) is 18.7 Å². The highest BCUT2D eigenvalue weighted by atomic mass is 19.1. The molecule has 0 aromatic heterocycles. The molecule has 3 heteroatoms. The van der Waals surface area contributed by atoms with Crippen molar-refractivity contribution in [2.45, 2.75) is 6.42 Å². The Hall–Kier alpha value is -1.64. The van der Waals surface area contributed by atoms with Gasteiger partial charge in [-0.15, -0.1) is 0 Å². The van der Waals surface area contributed by atoms with Crippen molar-refractivity contribution in [3.8, 4) is 0 Å². The van der Waals surface area contributed by atoms with Crippen LogP contribution in [-0.2, 0) is 4.74 Å². The van der Waals surface area contributed by atoms with Gasteiger partial charge in [-0.25, -0.2) is 4.39 Å². The van der Waals surface area contributed by atoms with Gasteiger partial charge in [0.2, 0.25) is 0 Å². The molecule has 0 N–H and O–H groups in total. The lowest BCUT2D eigenvalue weighted by Crippen LogP contribution is -1.91. The number of aliphatic imine (C=N–C) groups is 1. The molecule has 0 amide bonds. The van der Waals surface area contributed by atoms with Crippen molar-refractivity contribution in [2.24, 2.45) is 4.99 Å². The van der Waals surface area contributed by atoms with Gasteiger partial charge < -0.3 is 4.74 Å². The summed E-state index contributed by atoms with van der Waals surface area (Å²) in [4.78, 5) is 4.18. The van der Waals surface area contributed by atoms with Gasteiger partial charge in [0.25, 0.3) is 0 Å². The molecule has 15 heavy (non-hydrogen) atoms. The van der Waals surface area contributed by atoms with Gasteiger partial charge in [0, 0.05) is 19.2 Å². The van der Waals surface area contributed by atoms with Gasteiger partial charge >= 0.3 is 0 Å². The van der Waals surface area contributed by atoms with Crippen LogP contribution in [0.4, 0.5) is 4.39 Å². The van der Waals surface area contributed by atoms with Crippen molar-refractivity contribution in [1.29, 1.82) is 0 Å². The van der Waals surface area contributed by atoms with Crippen LogP contribution in [0.2, 0.25) is 0 Å². The van der Waals surface area contributed by atoms with E-state index in [4.69, 9.17) is 4.74 Å². The first-order valence-electron chi connectivity index (χ1n) is 4.81. The minimum absolute atomic E-state index is 0.230. The van der Waals surface area contributed by atoms with Gasteiger partial charge in [-0.2, -0.15) is 0 Å². The Bertz CT molecular complexity index is 319. The zero-order chi connectivity index (χ0) is 10.9. The van der Waals surface area contributed by atoms with Crippen LogP contribution in [0.3, 0.4) is 0 Å². The van der Waals surface area contributed by atoms with E-state index >= 15 is 0 Å². The Kier molecular flexibility index (Phi) is 5.15. The fraction of sp³-hybridized carbons (Fsp3) is 0.250. The molecule has 0 radical (unpaired) electrons. The maximum absolute atomic E-state index is 12.5. The molecule has 1 rings (SSSR count). The standard InChI is InChI=1S/C12H14FNO/c1-2-15-9-3-8-14-10-11-4-6-12(13)7-5-11/h2,4-7,10H,1,3,8-9H2. The van der Waals surface area contributed by atoms with Gasteiger partial charge in [0.05, 0.1) is 12.9 Å². The number of hydrogen-bond donors (Lipinski definition) is 0. The molecule has 0 aliphatic carbocycles. The molecule has 0 aliphatic heterocycles. The molecule has 80 valence electrons. The molecule has 2 nitrogen and oxygen atoms in total. The van der Waals surface area contributed by atoms with E-state index in [0.29, 0.717) is 13.2 Å². The second-order valence-electron chi connectivity index (χ2n) is 2.98. The SMILES string of the molecule is C=COCCCN=Cc1ccc(F)cc1. The summed E-state index contributed by atoms with van der Waals surface area (Å²) in [5, 5.41) is 0. The van der Waals surface area contributed by atoms with Gasteiger partial charge in [0.15, 0.2) is 0 Å². The lowest BCUT2D eigenvalue weighted by atomic mass is 10.2. The molecule has 0 saturated carbocycles. The Morgan fingerprint density at radius 3 is 2.73 bits per heavy atom. The third-order valence-corrected chi connectivity index (χ3v) is 1.78. The minimum atomic E-state index is -0.230. The van der Waals surface area contributed by atoms with Crippen LogP contribution in [0.15, 0.2) is 42.1 Å². The van der Waals surface area contributed by atoms with E-state index in [1.54, 1.807) is 18.3 Å². The van der Waals surface area contributed by atoms with Crippen LogP contribution in [0.25, 0.3) is 0 Å². The summed E-state index contributed by atoms with van der Waals surface area (Å²) in [6.07, 6.45) is 4.00. The molecule has 0 heterocycles. The first-order chi connectivity index (χ1) is 7.33. The Morgan fingerprint density at radius 1 is 1.33 bits per heavy atom. The summed E-state index contributed by atoms with van der Waals surface area (Å²) >= 11 is 0. The predicted molar refractivity (Wildman–Crippen MR) is 59.6 cm³/mol. The zero-order valence-electron chi connectivity index (χ0n) is 8.53. The van der Waals surface area contributed by atoms with Crippen molar-refractivity contribution in [2.75, 3.05) is 13.2 Å². The Morgan fingerprint density at radius 2 is 2.07 bits per heavy atom. The molecule has 0 atom stereocenters. The van der Waals surface area contributed by atoms with E-state index in [2.05, 4.69) is 11.6 Å². The molecule has 1 aromatic carbocycles. The molecule has 1 aromatic rings. The highest BCUT2D eigenvalue weighted by Crippen LogP contribution is 1.99. The molecule has 0 spiro atoms. The lowest BCUT2D eigenvalue weighted by molar-refractivity contribution is 0.248. The largest absolute Gasteiger partial charge is 0.502 e. The highest BCUT2D eigenvalue weighted by Gasteiger charge is 1.89. The smallest absolute Gasteiger partial charge is 0.123 e. The van der Waals surface area contributed by atoms with E-state index in [0.717, 1.165) is 12.0 Å². The normalized spacial score (nSPS) is 10.5. The van der Waals surface area contributed by atoms with Crippen LogP contribution < -0.4 is 0 Å². The third-order valence-electron chi connectivity index (χ3n) is 1.78. The molecular weight excluding hydrogens is 193 g/mol. The number of hydrogen-bond acceptors (Lipinski definition) is 2. The van der Waals surface area contributed by atoms with Crippen LogP contribution in [0, 0.1) is 5.82 Å². The molecule has 0 saturated heterocycles. The minimum Gasteiger partial charge on any atom is -0.502 e. The van der Waals surface area contributed by atoms with Crippen molar-refractivity contribution in [1.82, 2.24) is 0 Å². The van der Waals surface area contributed by atoms with Gasteiger partial charge in [-0.3, -0.25) is 4.99 Å². The summed E-state index contributed by atoms with van der Waals surface area (Å²) in [6.45, 7) is 4.77. The molecule has 0 aliphatic rings.